The van der Waals surface area contributed by atoms with E-state index in [1.54, 1.807) is 22.8 Å². The van der Waals surface area contributed by atoms with Gasteiger partial charge in [0, 0.05) is 11.6 Å². The smallest absolute Gasteiger partial charge is 0.262 e. The van der Waals surface area contributed by atoms with Gasteiger partial charge in [-0.3, -0.25) is 14.2 Å². The second-order valence-corrected chi connectivity index (χ2v) is 6.50. The van der Waals surface area contributed by atoms with Gasteiger partial charge in [0.15, 0.2) is 5.16 Å². The summed E-state index contributed by atoms with van der Waals surface area (Å²) in [5.41, 5.74) is 5.57. The van der Waals surface area contributed by atoms with E-state index >= 15 is 0 Å². The van der Waals surface area contributed by atoms with Crippen LogP contribution in [0.15, 0.2) is 28.2 Å². The van der Waals surface area contributed by atoms with Crippen LogP contribution < -0.4 is 11.3 Å². The first-order chi connectivity index (χ1) is 9.88. The van der Waals surface area contributed by atoms with Crippen LogP contribution in [0.1, 0.15) is 13.8 Å². The first kappa shape index (κ1) is 15.9. The fourth-order valence-electron chi connectivity index (χ4n) is 1.95. The van der Waals surface area contributed by atoms with E-state index < -0.39 is 5.91 Å². The molecule has 0 atom stereocenters. The van der Waals surface area contributed by atoms with Crippen molar-refractivity contribution in [3.63, 3.8) is 0 Å². The number of primary amides is 1. The molecule has 2 N–H and O–H groups in total. The second kappa shape index (κ2) is 6.49. The van der Waals surface area contributed by atoms with E-state index in [0.29, 0.717) is 27.6 Å². The summed E-state index contributed by atoms with van der Waals surface area (Å²) >= 11 is 7.11. The quantitative estimate of drug-likeness (QED) is 0.675. The number of thioether (sulfide) groups is 1. The number of aromatic nitrogens is 2. The highest BCUT2D eigenvalue weighted by Crippen LogP contribution is 2.21. The average molecular weight is 326 g/mol. The highest BCUT2D eigenvalue weighted by atomic mass is 35.5. The van der Waals surface area contributed by atoms with E-state index in [1.165, 1.54) is 11.8 Å². The van der Waals surface area contributed by atoms with Gasteiger partial charge in [0.25, 0.3) is 5.56 Å². The molecule has 0 aliphatic heterocycles. The molecule has 0 bridgehead atoms. The van der Waals surface area contributed by atoms with Crippen LogP contribution in [0.3, 0.4) is 0 Å². The molecule has 0 spiro atoms. The maximum absolute atomic E-state index is 12.6. The van der Waals surface area contributed by atoms with Crippen molar-refractivity contribution in [3.8, 4) is 0 Å². The number of nitrogens with two attached hydrogens (primary N) is 1. The zero-order valence-electron chi connectivity index (χ0n) is 11.8. The van der Waals surface area contributed by atoms with E-state index in [-0.39, 0.29) is 17.2 Å². The SMILES string of the molecule is CC(C)Cn1c(SCC(N)=O)nc2cc(Cl)ccc2c1=O. The molecular weight excluding hydrogens is 310 g/mol. The Morgan fingerprint density at radius 3 is 2.81 bits per heavy atom. The molecule has 0 aliphatic rings. The number of nitrogens with zero attached hydrogens (tertiary/aromatic N) is 2. The molecule has 5 nitrogen and oxygen atoms in total. The number of amides is 1. The van der Waals surface area contributed by atoms with Crippen LogP contribution in [0, 0.1) is 5.92 Å². The van der Waals surface area contributed by atoms with Gasteiger partial charge in [-0.05, 0) is 24.1 Å². The lowest BCUT2D eigenvalue weighted by molar-refractivity contribution is -0.115. The van der Waals surface area contributed by atoms with E-state index in [1.807, 2.05) is 13.8 Å². The Kier molecular flexibility index (Phi) is 4.90. The summed E-state index contributed by atoms with van der Waals surface area (Å²) in [4.78, 5) is 28.0. The molecule has 1 aromatic carbocycles. The van der Waals surface area contributed by atoms with Gasteiger partial charge in [0.1, 0.15) is 0 Å². The number of hydrogen-bond donors (Lipinski definition) is 1. The lowest BCUT2D eigenvalue weighted by Crippen LogP contribution is -2.26. The Labute approximate surface area is 131 Å². The zero-order chi connectivity index (χ0) is 15.6. The number of fused-ring (bicyclic) bond motifs is 1. The van der Waals surface area contributed by atoms with E-state index in [2.05, 4.69) is 4.98 Å². The van der Waals surface area contributed by atoms with Crippen molar-refractivity contribution in [1.29, 1.82) is 0 Å². The van der Waals surface area contributed by atoms with Crippen molar-refractivity contribution in [3.05, 3.63) is 33.6 Å². The maximum Gasteiger partial charge on any atom is 0.262 e. The molecule has 0 fully saturated rings. The normalized spacial score (nSPS) is 11.2. The maximum atomic E-state index is 12.6. The van der Waals surface area contributed by atoms with Gasteiger partial charge in [-0.2, -0.15) is 0 Å². The molecule has 1 heterocycles. The van der Waals surface area contributed by atoms with Crippen LogP contribution in [0.5, 0.6) is 0 Å². The molecule has 0 radical (unpaired) electrons. The minimum atomic E-state index is -0.448. The van der Waals surface area contributed by atoms with Gasteiger partial charge in [-0.15, -0.1) is 0 Å². The monoisotopic (exact) mass is 325 g/mol. The summed E-state index contributed by atoms with van der Waals surface area (Å²) in [7, 11) is 0. The summed E-state index contributed by atoms with van der Waals surface area (Å²) in [6.45, 7) is 4.56. The van der Waals surface area contributed by atoms with E-state index in [4.69, 9.17) is 17.3 Å². The molecule has 7 heteroatoms. The van der Waals surface area contributed by atoms with Crippen LogP contribution in [0.25, 0.3) is 10.9 Å². The highest BCUT2D eigenvalue weighted by molar-refractivity contribution is 7.99. The summed E-state index contributed by atoms with van der Waals surface area (Å²) in [5, 5.41) is 1.52. The Hall–Kier alpha value is -1.53. The Balaban J connectivity index is 2.61. The highest BCUT2D eigenvalue weighted by Gasteiger charge is 2.13. The number of benzene rings is 1. The fourth-order valence-corrected chi connectivity index (χ4v) is 2.86. The lowest BCUT2D eigenvalue weighted by atomic mass is 10.2. The van der Waals surface area contributed by atoms with Crippen LogP contribution in [-0.2, 0) is 11.3 Å². The zero-order valence-corrected chi connectivity index (χ0v) is 13.4. The van der Waals surface area contributed by atoms with Gasteiger partial charge in [0.2, 0.25) is 5.91 Å². The van der Waals surface area contributed by atoms with Gasteiger partial charge >= 0.3 is 0 Å². The number of carbonyl (C=O) groups excluding carboxylic acids is 1. The Bertz CT molecular complexity index is 743. The van der Waals surface area contributed by atoms with Crippen molar-refractivity contribution in [2.24, 2.45) is 11.7 Å². The van der Waals surface area contributed by atoms with Crippen molar-refractivity contribution >= 4 is 40.2 Å². The molecule has 1 amide bonds. The van der Waals surface area contributed by atoms with E-state index in [0.717, 1.165) is 0 Å². The van der Waals surface area contributed by atoms with Gasteiger partial charge in [-0.25, -0.2) is 4.98 Å². The largest absolute Gasteiger partial charge is 0.369 e. The van der Waals surface area contributed by atoms with Gasteiger partial charge in [0.05, 0.1) is 16.7 Å². The van der Waals surface area contributed by atoms with Crippen LogP contribution in [-0.4, -0.2) is 21.2 Å². The van der Waals surface area contributed by atoms with Gasteiger partial charge in [-0.1, -0.05) is 37.2 Å². The molecular formula is C14H16ClN3O2S. The number of rotatable bonds is 5. The third-order valence-electron chi connectivity index (χ3n) is 2.77. The first-order valence-corrected chi connectivity index (χ1v) is 7.86. The number of hydrogen-bond acceptors (Lipinski definition) is 4. The lowest BCUT2D eigenvalue weighted by Gasteiger charge is -2.14. The van der Waals surface area contributed by atoms with Crippen molar-refractivity contribution in [1.82, 2.24) is 9.55 Å². The topological polar surface area (TPSA) is 78.0 Å². The molecule has 0 aliphatic carbocycles. The molecule has 112 valence electrons. The van der Waals surface area contributed by atoms with Crippen molar-refractivity contribution < 1.29 is 4.79 Å². The Morgan fingerprint density at radius 2 is 2.19 bits per heavy atom. The molecule has 21 heavy (non-hydrogen) atoms. The molecule has 2 rings (SSSR count). The molecule has 2 aromatic rings. The Morgan fingerprint density at radius 1 is 1.48 bits per heavy atom. The molecule has 0 saturated carbocycles. The van der Waals surface area contributed by atoms with Crippen molar-refractivity contribution in [2.75, 3.05) is 5.75 Å². The second-order valence-electron chi connectivity index (χ2n) is 5.12. The fraction of sp³-hybridized carbons (Fsp3) is 0.357. The summed E-state index contributed by atoms with van der Waals surface area (Å²) in [5.74, 6) is -0.0879. The van der Waals surface area contributed by atoms with Crippen LogP contribution in [0.2, 0.25) is 5.02 Å². The number of carbonyl (C=O) groups is 1. The predicted octanol–water partition coefficient (Wildman–Crippen LogP) is 2.28. The number of halogens is 1. The predicted molar refractivity (Wildman–Crippen MR) is 85.8 cm³/mol. The van der Waals surface area contributed by atoms with Gasteiger partial charge < -0.3 is 5.73 Å². The minimum absolute atomic E-state index is 0.0800. The van der Waals surface area contributed by atoms with E-state index in [9.17, 15) is 9.59 Å². The summed E-state index contributed by atoms with van der Waals surface area (Å²) in [6.07, 6.45) is 0. The first-order valence-electron chi connectivity index (χ1n) is 6.49. The van der Waals surface area contributed by atoms with Crippen LogP contribution in [0.4, 0.5) is 0 Å². The molecule has 0 unspecified atom stereocenters. The molecule has 0 saturated heterocycles. The standard InChI is InChI=1S/C14H16ClN3O2S/c1-8(2)6-18-13(20)10-4-3-9(15)5-11(10)17-14(18)21-7-12(16)19/h3-5,8H,6-7H2,1-2H3,(H2,16,19). The third kappa shape index (κ3) is 3.77. The molecule has 1 aromatic heterocycles. The van der Waals surface area contributed by atoms with Crippen LogP contribution >= 0.6 is 23.4 Å². The van der Waals surface area contributed by atoms with Crippen molar-refractivity contribution in [2.45, 2.75) is 25.5 Å². The minimum Gasteiger partial charge on any atom is -0.369 e. The summed E-state index contributed by atoms with van der Waals surface area (Å²) < 4.78 is 1.59. The average Bonchev–Trinajstić information content (AvgIpc) is 2.39. The summed E-state index contributed by atoms with van der Waals surface area (Å²) in [6, 6.07) is 4.99. The third-order valence-corrected chi connectivity index (χ3v) is 4.01.